The molecule has 1 aromatic heterocycles. The minimum absolute atomic E-state index is 0.00495. The van der Waals surface area contributed by atoms with Crippen LogP contribution in [-0.4, -0.2) is 29.0 Å². The van der Waals surface area contributed by atoms with E-state index in [1.54, 1.807) is 36.4 Å². The van der Waals surface area contributed by atoms with Crippen molar-refractivity contribution in [3.8, 4) is 5.75 Å². The third-order valence-electron chi connectivity index (χ3n) is 3.56. The molecule has 0 aliphatic rings. The molecule has 0 fully saturated rings. The number of aromatic carboxylic acids is 1. The van der Waals surface area contributed by atoms with E-state index in [9.17, 15) is 9.59 Å². The lowest BCUT2D eigenvalue weighted by Gasteiger charge is -2.07. The van der Waals surface area contributed by atoms with Gasteiger partial charge >= 0.3 is 5.97 Å². The fourth-order valence-corrected chi connectivity index (χ4v) is 2.56. The van der Waals surface area contributed by atoms with Crippen LogP contribution in [0.1, 0.15) is 26.4 Å². The van der Waals surface area contributed by atoms with Crippen molar-refractivity contribution in [3.05, 3.63) is 64.3 Å². The second-order valence-electron chi connectivity index (χ2n) is 4.93. The Morgan fingerprint density at radius 2 is 1.83 bits per heavy atom. The minimum Gasteiger partial charge on any atom is -0.496 e. The summed E-state index contributed by atoms with van der Waals surface area (Å²) in [4.78, 5) is 26.7. The molecule has 23 heavy (non-hydrogen) atoms. The Morgan fingerprint density at radius 1 is 1.13 bits per heavy atom. The number of H-pyrrole nitrogens is 1. The van der Waals surface area contributed by atoms with Crippen LogP contribution < -0.4 is 4.74 Å². The number of carboxylic acids is 1. The molecular formula is C17H12ClNO4. The summed E-state index contributed by atoms with van der Waals surface area (Å²) in [6.07, 6.45) is 0. The molecular weight excluding hydrogens is 318 g/mol. The van der Waals surface area contributed by atoms with Crippen molar-refractivity contribution in [1.82, 2.24) is 4.98 Å². The van der Waals surface area contributed by atoms with E-state index in [0.717, 1.165) is 0 Å². The number of hydrogen-bond donors (Lipinski definition) is 2. The van der Waals surface area contributed by atoms with Crippen molar-refractivity contribution < 1.29 is 19.4 Å². The summed E-state index contributed by atoms with van der Waals surface area (Å²) in [6.45, 7) is 0. The number of carboxylic acid groups (broad SMARTS) is 1. The summed E-state index contributed by atoms with van der Waals surface area (Å²) in [7, 11) is 1.49. The van der Waals surface area contributed by atoms with Gasteiger partial charge in [0.1, 0.15) is 11.4 Å². The van der Waals surface area contributed by atoms with E-state index >= 15 is 0 Å². The van der Waals surface area contributed by atoms with Crippen molar-refractivity contribution in [2.45, 2.75) is 0 Å². The molecule has 1 heterocycles. The van der Waals surface area contributed by atoms with Crippen LogP contribution in [0.3, 0.4) is 0 Å². The van der Waals surface area contributed by atoms with Gasteiger partial charge in [0.05, 0.1) is 12.6 Å². The van der Waals surface area contributed by atoms with Gasteiger partial charge in [-0.25, -0.2) is 4.79 Å². The van der Waals surface area contributed by atoms with E-state index in [1.165, 1.54) is 13.2 Å². The second kappa shape index (κ2) is 5.78. The molecule has 0 aliphatic carbocycles. The number of benzene rings is 2. The number of halogens is 1. The quantitative estimate of drug-likeness (QED) is 0.714. The zero-order valence-electron chi connectivity index (χ0n) is 12.1. The maximum Gasteiger partial charge on any atom is 0.352 e. The van der Waals surface area contributed by atoms with Gasteiger partial charge in [-0.3, -0.25) is 4.79 Å². The summed E-state index contributed by atoms with van der Waals surface area (Å²) in [5.41, 5.74) is 1.26. The number of methoxy groups -OCH3 is 1. The highest BCUT2D eigenvalue weighted by molar-refractivity contribution is 6.30. The minimum atomic E-state index is -1.10. The van der Waals surface area contributed by atoms with E-state index < -0.39 is 5.97 Å². The van der Waals surface area contributed by atoms with Crippen LogP contribution in [0.5, 0.6) is 5.75 Å². The van der Waals surface area contributed by atoms with Crippen molar-refractivity contribution in [2.24, 2.45) is 0 Å². The first-order chi connectivity index (χ1) is 11.0. The molecule has 0 amide bonds. The highest BCUT2D eigenvalue weighted by atomic mass is 35.5. The number of carbonyl (C=O) groups is 2. The highest BCUT2D eigenvalue weighted by Gasteiger charge is 2.19. The topological polar surface area (TPSA) is 79.4 Å². The van der Waals surface area contributed by atoms with Crippen LogP contribution in [-0.2, 0) is 0 Å². The van der Waals surface area contributed by atoms with Gasteiger partial charge in [0.2, 0.25) is 0 Å². The first kappa shape index (κ1) is 15.1. The molecule has 0 aliphatic heterocycles. The summed E-state index contributed by atoms with van der Waals surface area (Å²) in [5, 5.41) is 10.2. The number of carbonyl (C=O) groups excluding carboxylic acids is 1. The zero-order valence-corrected chi connectivity index (χ0v) is 12.8. The van der Waals surface area contributed by atoms with Crippen molar-refractivity contribution in [2.75, 3.05) is 7.11 Å². The lowest BCUT2D eigenvalue weighted by atomic mass is 10.0. The van der Waals surface area contributed by atoms with Crippen LogP contribution in [0.2, 0.25) is 5.02 Å². The van der Waals surface area contributed by atoms with Crippen molar-refractivity contribution in [1.29, 1.82) is 0 Å². The number of ether oxygens (including phenoxy) is 1. The van der Waals surface area contributed by atoms with Gasteiger partial charge in [-0.05, 0) is 42.5 Å². The summed E-state index contributed by atoms with van der Waals surface area (Å²) in [6, 6.07) is 11.2. The molecule has 3 aromatic rings. The Morgan fingerprint density at radius 3 is 2.43 bits per heavy atom. The van der Waals surface area contributed by atoms with Crippen LogP contribution in [0.25, 0.3) is 10.9 Å². The molecule has 2 aromatic carbocycles. The van der Waals surface area contributed by atoms with Crippen molar-refractivity contribution in [3.63, 3.8) is 0 Å². The van der Waals surface area contributed by atoms with Gasteiger partial charge in [-0.2, -0.15) is 0 Å². The first-order valence-electron chi connectivity index (χ1n) is 6.74. The molecule has 0 saturated carbocycles. The van der Waals surface area contributed by atoms with E-state index in [1.807, 2.05) is 0 Å². The zero-order chi connectivity index (χ0) is 16.6. The van der Waals surface area contributed by atoms with Crippen molar-refractivity contribution >= 4 is 34.3 Å². The number of hydrogen-bond acceptors (Lipinski definition) is 3. The Kier molecular flexibility index (Phi) is 3.80. The van der Waals surface area contributed by atoms with E-state index in [-0.39, 0.29) is 11.5 Å². The van der Waals surface area contributed by atoms with E-state index in [4.69, 9.17) is 21.4 Å². The second-order valence-corrected chi connectivity index (χ2v) is 5.36. The average molecular weight is 330 g/mol. The van der Waals surface area contributed by atoms with Gasteiger partial charge in [0, 0.05) is 21.5 Å². The molecule has 5 nitrogen and oxygen atoms in total. The lowest BCUT2D eigenvalue weighted by Crippen LogP contribution is -2.03. The molecule has 6 heteroatoms. The maximum absolute atomic E-state index is 12.7. The van der Waals surface area contributed by atoms with Gasteiger partial charge in [-0.1, -0.05) is 11.6 Å². The number of rotatable bonds is 4. The fraction of sp³-hybridized carbons (Fsp3) is 0.0588. The number of nitrogens with one attached hydrogen (secondary N) is 1. The maximum atomic E-state index is 12.7. The number of fused-ring (bicyclic) bond motifs is 1. The number of aromatic nitrogens is 1. The molecule has 0 saturated heterocycles. The summed E-state index contributed by atoms with van der Waals surface area (Å²) in [5.74, 6) is -0.836. The van der Waals surface area contributed by atoms with Gasteiger partial charge < -0.3 is 14.8 Å². The Bertz CT molecular complexity index is 912. The normalized spacial score (nSPS) is 10.7. The smallest absolute Gasteiger partial charge is 0.352 e. The third-order valence-corrected chi connectivity index (χ3v) is 3.81. The van der Waals surface area contributed by atoms with E-state index in [2.05, 4.69) is 4.98 Å². The number of aromatic amines is 1. The highest BCUT2D eigenvalue weighted by Crippen LogP contribution is 2.30. The van der Waals surface area contributed by atoms with Gasteiger partial charge in [0.25, 0.3) is 0 Å². The monoisotopic (exact) mass is 329 g/mol. The van der Waals surface area contributed by atoms with Gasteiger partial charge in [0.15, 0.2) is 5.78 Å². The average Bonchev–Trinajstić information content (AvgIpc) is 2.99. The molecule has 0 bridgehead atoms. The van der Waals surface area contributed by atoms with Crippen LogP contribution in [0, 0.1) is 0 Å². The first-order valence-corrected chi connectivity index (χ1v) is 7.12. The van der Waals surface area contributed by atoms with E-state index in [0.29, 0.717) is 32.8 Å². The predicted molar refractivity (Wildman–Crippen MR) is 86.7 cm³/mol. The predicted octanol–water partition coefficient (Wildman–Crippen LogP) is 3.76. The Balaban J connectivity index is 2.19. The van der Waals surface area contributed by atoms with Crippen LogP contribution >= 0.6 is 11.6 Å². The number of ketones is 1. The fourth-order valence-electron chi connectivity index (χ4n) is 2.43. The molecule has 0 atom stereocenters. The van der Waals surface area contributed by atoms with Crippen LogP contribution in [0.15, 0.2) is 42.5 Å². The molecule has 2 N–H and O–H groups in total. The molecule has 0 unspecified atom stereocenters. The Hall–Kier alpha value is -2.79. The largest absolute Gasteiger partial charge is 0.496 e. The SMILES string of the molecule is COc1ccc(C(=O)c2ccc(Cl)cc2)c2[nH]c(C(=O)O)cc12. The lowest BCUT2D eigenvalue weighted by molar-refractivity contribution is 0.0691. The Labute approximate surface area is 136 Å². The molecule has 0 radical (unpaired) electrons. The molecule has 0 spiro atoms. The third kappa shape index (κ3) is 2.66. The van der Waals surface area contributed by atoms with Crippen LogP contribution in [0.4, 0.5) is 0 Å². The van der Waals surface area contributed by atoms with Gasteiger partial charge in [-0.15, -0.1) is 0 Å². The molecule has 3 rings (SSSR count). The standard InChI is InChI=1S/C17H12ClNO4/c1-23-14-7-6-11(15-12(14)8-13(19-15)17(21)22)16(20)9-2-4-10(18)5-3-9/h2-8,19H,1H3,(H,21,22). The summed E-state index contributed by atoms with van der Waals surface area (Å²) >= 11 is 5.84. The summed E-state index contributed by atoms with van der Waals surface area (Å²) < 4.78 is 5.24. The molecule has 116 valence electrons.